The summed E-state index contributed by atoms with van der Waals surface area (Å²) in [4.78, 5) is 22.3. The minimum absolute atomic E-state index is 0.0741. The zero-order chi connectivity index (χ0) is 23.6. The maximum Gasteiger partial charge on any atom is 0.290 e. The lowest BCUT2D eigenvalue weighted by Crippen LogP contribution is -2.43. The lowest BCUT2D eigenvalue weighted by molar-refractivity contribution is -0.123. The van der Waals surface area contributed by atoms with Crippen LogP contribution in [0.25, 0.3) is 10.9 Å². The van der Waals surface area contributed by atoms with Crippen molar-refractivity contribution in [3.63, 3.8) is 0 Å². The van der Waals surface area contributed by atoms with Crippen molar-refractivity contribution in [1.82, 2.24) is 9.29 Å². The number of aryl methyl sites for hydroxylation is 1. The summed E-state index contributed by atoms with van der Waals surface area (Å²) >= 11 is 0. The number of piperazine rings is 1. The Morgan fingerprint density at radius 2 is 1.85 bits per heavy atom. The van der Waals surface area contributed by atoms with Gasteiger partial charge in [0, 0.05) is 43.4 Å². The normalized spacial score (nSPS) is 15.7. The SMILES string of the molecule is Cc1cn(S(=O)(=O)c2ccc3c(c2)NC(=O)CO3)c2cc(N3CCNCC3)ccc12.O=CO. The highest BCUT2D eigenvalue weighted by Crippen LogP contribution is 2.33. The summed E-state index contributed by atoms with van der Waals surface area (Å²) in [6, 6.07) is 10.5. The highest BCUT2D eigenvalue weighted by atomic mass is 32.2. The molecule has 2 aliphatic heterocycles. The first-order chi connectivity index (χ1) is 15.8. The van der Waals surface area contributed by atoms with Gasteiger partial charge in [0.1, 0.15) is 5.75 Å². The van der Waals surface area contributed by atoms with Gasteiger partial charge in [-0.1, -0.05) is 6.07 Å². The summed E-state index contributed by atoms with van der Waals surface area (Å²) in [5.41, 5.74) is 2.89. The minimum Gasteiger partial charge on any atom is -0.483 e. The first-order valence-electron chi connectivity index (χ1n) is 10.3. The second-order valence-corrected chi connectivity index (χ2v) is 9.47. The fraction of sp³-hybridized carbons (Fsp3) is 0.273. The standard InChI is InChI=1S/C21H22N4O4S.CH2O2/c1-14-12-25(19-10-15(2-4-17(14)19)24-8-6-22-7-9-24)30(27,28)16-3-5-20-18(11-16)23-21(26)13-29-20;2-1-3/h2-5,10-12,22H,6-9,13H2,1H3,(H,23,26);1H,(H,2,3). The van der Waals surface area contributed by atoms with Crippen LogP contribution in [0.2, 0.25) is 0 Å². The Balaban J connectivity index is 0.000000821. The van der Waals surface area contributed by atoms with Gasteiger partial charge < -0.3 is 25.4 Å². The monoisotopic (exact) mass is 472 g/mol. The molecule has 1 aromatic heterocycles. The number of nitrogens with one attached hydrogen (secondary N) is 2. The number of hydrogen-bond acceptors (Lipinski definition) is 7. The quantitative estimate of drug-likeness (QED) is 0.491. The summed E-state index contributed by atoms with van der Waals surface area (Å²) < 4.78 is 33.7. The van der Waals surface area contributed by atoms with Crippen LogP contribution in [0.1, 0.15) is 5.56 Å². The summed E-state index contributed by atoms with van der Waals surface area (Å²) in [6.45, 7) is 5.14. The molecule has 10 nitrogen and oxygen atoms in total. The zero-order valence-corrected chi connectivity index (χ0v) is 18.8. The zero-order valence-electron chi connectivity index (χ0n) is 17.9. The second kappa shape index (κ2) is 9.12. The molecule has 5 rings (SSSR count). The predicted molar refractivity (Wildman–Crippen MR) is 124 cm³/mol. The molecule has 0 atom stereocenters. The lowest BCUT2D eigenvalue weighted by Gasteiger charge is -2.29. The van der Waals surface area contributed by atoms with Gasteiger partial charge in [-0.15, -0.1) is 0 Å². The van der Waals surface area contributed by atoms with Crippen LogP contribution in [0, 0.1) is 6.92 Å². The van der Waals surface area contributed by atoms with E-state index in [1.165, 1.54) is 16.1 Å². The fourth-order valence-corrected chi connectivity index (χ4v) is 5.45. The third kappa shape index (κ3) is 4.37. The van der Waals surface area contributed by atoms with Crippen molar-refractivity contribution in [2.45, 2.75) is 11.8 Å². The number of benzene rings is 2. The number of anilines is 2. The van der Waals surface area contributed by atoms with Gasteiger partial charge in [0.05, 0.1) is 16.1 Å². The van der Waals surface area contributed by atoms with Crippen LogP contribution in [0.4, 0.5) is 11.4 Å². The largest absolute Gasteiger partial charge is 0.483 e. The Labute approximate surface area is 190 Å². The number of nitrogens with zero attached hydrogens (tertiary/aromatic N) is 2. The molecule has 2 aromatic carbocycles. The van der Waals surface area contributed by atoms with Gasteiger partial charge in [0.15, 0.2) is 6.61 Å². The lowest BCUT2D eigenvalue weighted by atomic mass is 10.1. The summed E-state index contributed by atoms with van der Waals surface area (Å²) in [5.74, 6) is 0.156. The Morgan fingerprint density at radius 1 is 1.12 bits per heavy atom. The molecule has 33 heavy (non-hydrogen) atoms. The molecular weight excluding hydrogens is 448 g/mol. The van der Waals surface area contributed by atoms with E-state index in [9.17, 15) is 13.2 Å². The van der Waals surface area contributed by atoms with E-state index >= 15 is 0 Å². The number of carbonyl (C=O) groups excluding carboxylic acids is 1. The van der Waals surface area contributed by atoms with E-state index in [4.69, 9.17) is 14.6 Å². The van der Waals surface area contributed by atoms with E-state index in [2.05, 4.69) is 15.5 Å². The van der Waals surface area contributed by atoms with Gasteiger partial charge in [-0.25, -0.2) is 12.4 Å². The molecule has 2 aliphatic rings. The molecule has 1 fully saturated rings. The molecule has 1 amide bonds. The molecule has 0 saturated carbocycles. The van der Waals surface area contributed by atoms with E-state index in [0.717, 1.165) is 42.8 Å². The Kier molecular flexibility index (Phi) is 6.25. The van der Waals surface area contributed by atoms with E-state index < -0.39 is 10.0 Å². The number of rotatable bonds is 3. The number of amides is 1. The Bertz CT molecular complexity index is 1310. The fourth-order valence-electron chi connectivity index (χ4n) is 4.01. The minimum atomic E-state index is -3.86. The van der Waals surface area contributed by atoms with Crippen LogP contribution < -0.4 is 20.3 Å². The van der Waals surface area contributed by atoms with Crippen molar-refractivity contribution in [2.75, 3.05) is 43.0 Å². The van der Waals surface area contributed by atoms with Crippen LogP contribution in [0.3, 0.4) is 0 Å². The molecule has 0 aliphatic carbocycles. The van der Waals surface area contributed by atoms with E-state index in [1.54, 1.807) is 12.3 Å². The molecule has 11 heteroatoms. The van der Waals surface area contributed by atoms with Gasteiger partial charge in [-0.2, -0.15) is 0 Å². The molecule has 0 radical (unpaired) electrons. The van der Waals surface area contributed by atoms with Crippen molar-refractivity contribution in [3.8, 4) is 5.75 Å². The van der Waals surface area contributed by atoms with Crippen molar-refractivity contribution < 1.29 is 27.9 Å². The maximum atomic E-state index is 13.5. The number of aromatic nitrogens is 1. The Hall–Kier alpha value is -3.57. The average molecular weight is 473 g/mol. The van der Waals surface area contributed by atoms with Crippen LogP contribution >= 0.6 is 0 Å². The highest BCUT2D eigenvalue weighted by molar-refractivity contribution is 7.90. The third-order valence-electron chi connectivity index (χ3n) is 5.58. The van der Waals surface area contributed by atoms with Crippen LogP contribution in [-0.4, -0.2) is 62.7 Å². The Morgan fingerprint density at radius 3 is 2.58 bits per heavy atom. The molecule has 3 N–H and O–H groups in total. The van der Waals surface area contributed by atoms with Crippen LogP contribution in [0.15, 0.2) is 47.5 Å². The molecular formula is C22H24N4O6S. The molecule has 0 bridgehead atoms. The third-order valence-corrected chi connectivity index (χ3v) is 7.25. The first-order valence-corrected chi connectivity index (χ1v) is 11.8. The van der Waals surface area contributed by atoms with Crippen molar-refractivity contribution in [1.29, 1.82) is 0 Å². The maximum absolute atomic E-state index is 13.5. The number of carboxylic acid groups (broad SMARTS) is 1. The van der Waals surface area contributed by atoms with E-state index in [1.807, 2.05) is 25.1 Å². The molecule has 1 saturated heterocycles. The second-order valence-electron chi connectivity index (χ2n) is 7.65. The van der Waals surface area contributed by atoms with Crippen LogP contribution in [0.5, 0.6) is 5.75 Å². The van der Waals surface area contributed by atoms with E-state index in [0.29, 0.717) is 17.0 Å². The number of ether oxygens (including phenoxy) is 1. The molecule has 3 heterocycles. The predicted octanol–water partition coefficient (Wildman–Crippen LogP) is 1.63. The summed E-state index contributed by atoms with van der Waals surface area (Å²) in [7, 11) is -3.86. The van der Waals surface area contributed by atoms with Crippen molar-refractivity contribution >= 4 is 44.7 Å². The van der Waals surface area contributed by atoms with Gasteiger partial charge in [-0.05, 0) is 42.8 Å². The number of fused-ring (bicyclic) bond motifs is 2. The van der Waals surface area contributed by atoms with Crippen LogP contribution in [-0.2, 0) is 19.6 Å². The summed E-state index contributed by atoms with van der Waals surface area (Å²) in [5, 5.41) is 13.8. The van der Waals surface area contributed by atoms with Gasteiger partial charge >= 0.3 is 0 Å². The highest BCUT2D eigenvalue weighted by Gasteiger charge is 2.24. The smallest absolute Gasteiger partial charge is 0.290 e. The number of carbonyl (C=O) groups is 2. The molecule has 174 valence electrons. The topological polar surface area (TPSA) is 130 Å². The molecule has 0 spiro atoms. The molecule has 3 aromatic rings. The van der Waals surface area contributed by atoms with E-state index in [-0.39, 0.29) is 23.9 Å². The average Bonchev–Trinajstić information content (AvgIpc) is 3.16. The van der Waals surface area contributed by atoms with Crippen molar-refractivity contribution in [2.24, 2.45) is 0 Å². The van der Waals surface area contributed by atoms with Crippen molar-refractivity contribution in [3.05, 3.63) is 48.2 Å². The van der Waals surface area contributed by atoms with Gasteiger partial charge in [-0.3, -0.25) is 9.59 Å². The van der Waals surface area contributed by atoms with Gasteiger partial charge in [0.25, 0.3) is 22.4 Å². The first kappa shape index (κ1) is 22.6. The number of hydrogen-bond donors (Lipinski definition) is 3. The van der Waals surface area contributed by atoms with Gasteiger partial charge in [0.2, 0.25) is 0 Å². The summed E-state index contributed by atoms with van der Waals surface area (Å²) in [6.07, 6.45) is 1.65. The molecule has 0 unspecified atom stereocenters.